The van der Waals surface area contributed by atoms with E-state index in [9.17, 15) is 0 Å². The summed E-state index contributed by atoms with van der Waals surface area (Å²) in [5.74, 6) is 0.800. The van der Waals surface area contributed by atoms with E-state index in [1.165, 1.54) is 37.7 Å². The van der Waals surface area contributed by atoms with Crippen LogP contribution >= 0.6 is 11.6 Å². The van der Waals surface area contributed by atoms with Gasteiger partial charge < -0.3 is 0 Å². The number of allylic oxidation sites excluding steroid dienone is 1. The van der Waals surface area contributed by atoms with Crippen molar-refractivity contribution < 1.29 is 0 Å². The minimum Gasteiger partial charge on any atom is -0.0843 e. The van der Waals surface area contributed by atoms with E-state index in [0.717, 1.165) is 10.9 Å². The average molecular weight is 221 g/mol. The van der Waals surface area contributed by atoms with Gasteiger partial charge in [-0.25, -0.2) is 0 Å². The van der Waals surface area contributed by atoms with Crippen molar-refractivity contribution in [3.05, 3.63) is 40.9 Å². The number of benzene rings is 1. The largest absolute Gasteiger partial charge is 0.0843 e. The first-order valence-electron chi connectivity index (χ1n) is 5.78. The maximum atomic E-state index is 5.84. The summed E-state index contributed by atoms with van der Waals surface area (Å²) in [5.41, 5.74) is 1.25. The van der Waals surface area contributed by atoms with E-state index in [4.69, 9.17) is 11.6 Å². The molecular formula is C14H17Cl. The molecule has 1 aliphatic rings. The molecule has 0 nitrogen and oxygen atoms in total. The Morgan fingerprint density at radius 1 is 1.00 bits per heavy atom. The highest BCUT2D eigenvalue weighted by Crippen LogP contribution is 2.25. The van der Waals surface area contributed by atoms with Crippen molar-refractivity contribution in [2.45, 2.75) is 32.1 Å². The van der Waals surface area contributed by atoms with Gasteiger partial charge in [-0.2, -0.15) is 0 Å². The Morgan fingerprint density at radius 3 is 2.33 bits per heavy atom. The number of hydrogen-bond donors (Lipinski definition) is 0. The Morgan fingerprint density at radius 2 is 1.67 bits per heavy atom. The van der Waals surface area contributed by atoms with E-state index >= 15 is 0 Å². The molecule has 0 spiro atoms. The number of hydrogen-bond acceptors (Lipinski definition) is 0. The summed E-state index contributed by atoms with van der Waals surface area (Å²) in [6.45, 7) is 0. The smallest absolute Gasteiger partial charge is 0.0406 e. The first kappa shape index (κ1) is 10.8. The number of rotatable bonds is 2. The Hall–Kier alpha value is -0.750. The summed E-state index contributed by atoms with van der Waals surface area (Å²) < 4.78 is 0. The Balaban J connectivity index is 1.95. The third-order valence-electron chi connectivity index (χ3n) is 3.08. The van der Waals surface area contributed by atoms with Gasteiger partial charge in [-0.15, -0.1) is 0 Å². The van der Waals surface area contributed by atoms with Crippen LogP contribution in [0, 0.1) is 5.92 Å². The first-order valence-corrected chi connectivity index (χ1v) is 6.16. The average Bonchev–Trinajstić information content (AvgIpc) is 2.30. The molecule has 1 aromatic rings. The van der Waals surface area contributed by atoms with Gasteiger partial charge in [-0.05, 0) is 36.5 Å². The summed E-state index contributed by atoms with van der Waals surface area (Å²) >= 11 is 5.84. The SMILES string of the molecule is Clc1ccc(/C=C/C2CCCCC2)cc1. The molecule has 80 valence electrons. The van der Waals surface area contributed by atoms with Crippen molar-refractivity contribution in [2.75, 3.05) is 0 Å². The third-order valence-corrected chi connectivity index (χ3v) is 3.33. The van der Waals surface area contributed by atoms with Crippen LogP contribution in [-0.4, -0.2) is 0 Å². The zero-order valence-electron chi connectivity index (χ0n) is 8.95. The van der Waals surface area contributed by atoms with Gasteiger partial charge in [0.25, 0.3) is 0 Å². The van der Waals surface area contributed by atoms with Crippen molar-refractivity contribution in [2.24, 2.45) is 5.92 Å². The second-order valence-electron chi connectivity index (χ2n) is 4.31. The predicted molar refractivity (Wildman–Crippen MR) is 67.1 cm³/mol. The first-order chi connectivity index (χ1) is 7.34. The molecule has 0 aliphatic heterocycles. The van der Waals surface area contributed by atoms with Gasteiger partial charge in [0.05, 0.1) is 0 Å². The van der Waals surface area contributed by atoms with Gasteiger partial charge in [0.15, 0.2) is 0 Å². The van der Waals surface area contributed by atoms with Crippen LogP contribution in [0.3, 0.4) is 0 Å². The molecule has 1 fully saturated rings. The van der Waals surface area contributed by atoms with Gasteiger partial charge in [0.1, 0.15) is 0 Å². The lowest BCUT2D eigenvalue weighted by atomic mass is 9.89. The van der Waals surface area contributed by atoms with Crippen LogP contribution in [0.4, 0.5) is 0 Å². The zero-order chi connectivity index (χ0) is 10.5. The van der Waals surface area contributed by atoms with Crippen molar-refractivity contribution in [1.29, 1.82) is 0 Å². The fourth-order valence-electron chi connectivity index (χ4n) is 2.15. The van der Waals surface area contributed by atoms with Crippen LogP contribution < -0.4 is 0 Å². The van der Waals surface area contributed by atoms with E-state index in [-0.39, 0.29) is 0 Å². The molecule has 1 heteroatoms. The molecule has 0 heterocycles. The quantitative estimate of drug-likeness (QED) is 0.663. The van der Waals surface area contributed by atoms with Crippen molar-refractivity contribution in [3.63, 3.8) is 0 Å². The van der Waals surface area contributed by atoms with Crippen LogP contribution in [0.25, 0.3) is 6.08 Å². The van der Waals surface area contributed by atoms with E-state index in [1.807, 2.05) is 12.1 Å². The molecule has 0 atom stereocenters. The van der Waals surface area contributed by atoms with E-state index in [1.54, 1.807) is 0 Å². The Bertz CT molecular complexity index is 318. The van der Waals surface area contributed by atoms with Gasteiger partial charge in [0.2, 0.25) is 0 Å². The van der Waals surface area contributed by atoms with E-state index in [0.29, 0.717) is 0 Å². The highest BCUT2D eigenvalue weighted by molar-refractivity contribution is 6.30. The van der Waals surface area contributed by atoms with Crippen molar-refractivity contribution in [1.82, 2.24) is 0 Å². The monoisotopic (exact) mass is 220 g/mol. The van der Waals surface area contributed by atoms with Gasteiger partial charge in [0, 0.05) is 5.02 Å². The molecule has 0 saturated heterocycles. The van der Waals surface area contributed by atoms with Gasteiger partial charge in [-0.3, -0.25) is 0 Å². The van der Waals surface area contributed by atoms with Crippen LogP contribution in [0.1, 0.15) is 37.7 Å². The summed E-state index contributed by atoms with van der Waals surface area (Å²) in [6, 6.07) is 8.04. The topological polar surface area (TPSA) is 0 Å². The Kier molecular flexibility index (Phi) is 3.85. The van der Waals surface area contributed by atoms with Crippen LogP contribution in [0.2, 0.25) is 5.02 Å². The second kappa shape index (κ2) is 5.37. The summed E-state index contributed by atoms with van der Waals surface area (Å²) in [7, 11) is 0. The lowest BCUT2D eigenvalue weighted by molar-refractivity contribution is 0.420. The molecule has 0 aromatic heterocycles. The number of halogens is 1. The highest BCUT2D eigenvalue weighted by Gasteiger charge is 2.09. The molecule has 1 aliphatic carbocycles. The minimum atomic E-state index is 0.800. The maximum absolute atomic E-state index is 5.84. The van der Waals surface area contributed by atoms with Crippen molar-refractivity contribution in [3.8, 4) is 0 Å². The van der Waals surface area contributed by atoms with Crippen LogP contribution in [0.5, 0.6) is 0 Å². The highest BCUT2D eigenvalue weighted by atomic mass is 35.5. The minimum absolute atomic E-state index is 0.800. The normalized spacial score (nSPS) is 18.5. The second-order valence-corrected chi connectivity index (χ2v) is 4.75. The molecule has 0 unspecified atom stereocenters. The summed E-state index contributed by atoms with van der Waals surface area (Å²) in [6.07, 6.45) is 11.5. The maximum Gasteiger partial charge on any atom is 0.0406 e. The third kappa shape index (κ3) is 3.39. The molecule has 1 saturated carbocycles. The fraction of sp³-hybridized carbons (Fsp3) is 0.429. The molecule has 15 heavy (non-hydrogen) atoms. The van der Waals surface area contributed by atoms with Crippen LogP contribution in [-0.2, 0) is 0 Å². The molecule has 0 radical (unpaired) electrons. The van der Waals surface area contributed by atoms with E-state index in [2.05, 4.69) is 24.3 Å². The standard InChI is InChI=1S/C14H17Cl/c15-14-10-8-13(9-11-14)7-6-12-4-2-1-3-5-12/h6-12H,1-5H2/b7-6+. The van der Waals surface area contributed by atoms with E-state index < -0.39 is 0 Å². The van der Waals surface area contributed by atoms with Gasteiger partial charge in [-0.1, -0.05) is 55.1 Å². The summed E-state index contributed by atoms with van der Waals surface area (Å²) in [5, 5.41) is 0.810. The molecule has 0 amide bonds. The van der Waals surface area contributed by atoms with Gasteiger partial charge >= 0.3 is 0 Å². The molecular weight excluding hydrogens is 204 g/mol. The molecule has 2 rings (SSSR count). The Labute approximate surface area is 97.0 Å². The summed E-state index contributed by atoms with van der Waals surface area (Å²) in [4.78, 5) is 0. The molecule has 0 bridgehead atoms. The lowest BCUT2D eigenvalue weighted by Crippen LogP contribution is -2.02. The molecule has 0 N–H and O–H groups in total. The lowest BCUT2D eigenvalue weighted by Gasteiger charge is -2.17. The predicted octanol–water partition coefficient (Wildman–Crippen LogP) is 4.93. The zero-order valence-corrected chi connectivity index (χ0v) is 9.71. The molecule has 1 aromatic carbocycles. The van der Waals surface area contributed by atoms with Crippen molar-refractivity contribution >= 4 is 17.7 Å². The van der Waals surface area contributed by atoms with Crippen LogP contribution in [0.15, 0.2) is 30.3 Å². The fourth-order valence-corrected chi connectivity index (χ4v) is 2.27.